The van der Waals surface area contributed by atoms with E-state index in [2.05, 4.69) is 0 Å². The van der Waals surface area contributed by atoms with Crippen LogP contribution in [0.2, 0.25) is 0 Å². The lowest BCUT2D eigenvalue weighted by Gasteiger charge is -2.06. The smallest absolute Gasteiger partial charge is 0.258 e. The average Bonchev–Trinajstić information content (AvgIpc) is 2.42. The molecule has 0 radical (unpaired) electrons. The van der Waals surface area contributed by atoms with Crippen LogP contribution in [0.5, 0.6) is 0 Å². The molecule has 0 fully saturated rings. The van der Waals surface area contributed by atoms with E-state index >= 15 is 0 Å². The minimum absolute atomic E-state index is 0.0156. The van der Waals surface area contributed by atoms with E-state index in [-0.39, 0.29) is 14.7 Å². The second-order valence-corrected chi connectivity index (χ2v) is 7.44. The molecule has 0 aliphatic rings. The van der Waals surface area contributed by atoms with Gasteiger partial charge in [-0.05, 0) is 30.3 Å². The number of rotatable bonds is 4. The van der Waals surface area contributed by atoms with Gasteiger partial charge in [0.15, 0.2) is 9.84 Å². The fraction of sp³-hybridized carbons (Fsp3) is 0.0769. The third kappa shape index (κ3) is 3.60. The van der Waals surface area contributed by atoms with E-state index in [0.29, 0.717) is 11.8 Å². The van der Waals surface area contributed by atoms with Crippen LogP contribution in [0.25, 0.3) is 0 Å². The van der Waals surface area contributed by atoms with Crippen LogP contribution in [-0.4, -0.2) is 19.6 Å². The highest BCUT2D eigenvalue weighted by atomic mass is 32.2. The molecule has 0 aliphatic carbocycles. The van der Waals surface area contributed by atoms with E-state index < -0.39 is 32.1 Å². The third-order valence-electron chi connectivity index (χ3n) is 2.67. The lowest BCUT2D eigenvalue weighted by atomic mass is 10.3. The molecule has 9 heteroatoms. The summed E-state index contributed by atoms with van der Waals surface area (Å²) in [6.07, 6.45) is 0.922. The first-order valence-electron chi connectivity index (χ1n) is 5.80. The van der Waals surface area contributed by atoms with E-state index in [4.69, 9.17) is 0 Å². The van der Waals surface area contributed by atoms with Crippen molar-refractivity contribution in [2.45, 2.75) is 14.7 Å². The number of hydrogen-bond donors (Lipinski definition) is 0. The van der Waals surface area contributed by atoms with Gasteiger partial charge in [0.1, 0.15) is 11.6 Å². The van der Waals surface area contributed by atoms with Crippen molar-refractivity contribution in [3.8, 4) is 0 Å². The van der Waals surface area contributed by atoms with Crippen LogP contribution < -0.4 is 0 Å². The minimum Gasteiger partial charge on any atom is -0.258 e. The van der Waals surface area contributed by atoms with Gasteiger partial charge in [0.25, 0.3) is 5.69 Å². The molecule has 2 aromatic rings. The van der Waals surface area contributed by atoms with Crippen molar-refractivity contribution in [3.63, 3.8) is 0 Å². The van der Waals surface area contributed by atoms with Crippen molar-refractivity contribution < 1.29 is 22.1 Å². The molecule has 0 spiro atoms. The molecule has 0 saturated heterocycles. The molecule has 0 aliphatic heterocycles. The molecule has 22 heavy (non-hydrogen) atoms. The zero-order valence-corrected chi connectivity index (χ0v) is 12.7. The zero-order chi connectivity index (χ0) is 16.5. The maximum atomic E-state index is 13.6. The Morgan fingerprint density at radius 3 is 2.36 bits per heavy atom. The number of nitro benzene ring substituents is 1. The number of benzene rings is 2. The van der Waals surface area contributed by atoms with Gasteiger partial charge in [0.2, 0.25) is 0 Å². The Morgan fingerprint density at radius 2 is 1.77 bits per heavy atom. The summed E-state index contributed by atoms with van der Waals surface area (Å²) < 4.78 is 49.6. The monoisotopic (exact) mass is 345 g/mol. The van der Waals surface area contributed by atoms with Crippen LogP contribution in [0.4, 0.5) is 14.5 Å². The molecule has 0 unspecified atom stereocenters. The molecule has 0 N–H and O–H groups in total. The van der Waals surface area contributed by atoms with Crippen molar-refractivity contribution in [2.75, 3.05) is 6.26 Å². The average molecular weight is 345 g/mol. The van der Waals surface area contributed by atoms with Crippen LogP contribution in [0, 0.1) is 21.7 Å². The molecular formula is C13H9F2NO4S2. The number of sulfone groups is 1. The summed E-state index contributed by atoms with van der Waals surface area (Å²) >= 11 is 0.651. The highest BCUT2D eigenvalue weighted by Crippen LogP contribution is 2.37. The minimum atomic E-state index is -3.61. The van der Waals surface area contributed by atoms with Crippen molar-refractivity contribution in [2.24, 2.45) is 0 Å². The molecule has 0 atom stereocenters. The van der Waals surface area contributed by atoms with E-state index in [1.165, 1.54) is 12.1 Å². The summed E-state index contributed by atoms with van der Waals surface area (Å²) in [5, 5.41) is 11.1. The SMILES string of the molecule is CS(=O)(=O)c1ccc(Sc2cc(F)ccc2F)c([N+](=O)[O-])c1. The van der Waals surface area contributed by atoms with Crippen molar-refractivity contribution in [1.82, 2.24) is 0 Å². The maximum Gasteiger partial charge on any atom is 0.284 e. The van der Waals surface area contributed by atoms with Gasteiger partial charge in [-0.25, -0.2) is 17.2 Å². The predicted molar refractivity (Wildman–Crippen MR) is 76.7 cm³/mol. The molecule has 0 aromatic heterocycles. The Bertz CT molecular complexity index is 853. The van der Waals surface area contributed by atoms with Gasteiger partial charge >= 0.3 is 0 Å². The lowest BCUT2D eigenvalue weighted by Crippen LogP contribution is -1.99. The Hall–Kier alpha value is -2.00. The van der Waals surface area contributed by atoms with Crippen molar-refractivity contribution >= 4 is 27.3 Å². The fourth-order valence-electron chi connectivity index (χ4n) is 1.63. The Morgan fingerprint density at radius 1 is 1.09 bits per heavy atom. The molecule has 0 bridgehead atoms. The summed E-state index contributed by atoms with van der Waals surface area (Å²) in [5.41, 5.74) is -0.489. The normalized spacial score (nSPS) is 11.4. The number of halogens is 2. The van der Waals surface area contributed by atoms with Crippen LogP contribution in [0.15, 0.2) is 51.1 Å². The first kappa shape index (κ1) is 16.4. The van der Waals surface area contributed by atoms with Crippen molar-refractivity contribution in [1.29, 1.82) is 0 Å². The van der Waals surface area contributed by atoms with Crippen LogP contribution in [0.3, 0.4) is 0 Å². The predicted octanol–water partition coefficient (Wildman–Crippen LogP) is 3.43. The molecule has 5 nitrogen and oxygen atoms in total. The quantitative estimate of drug-likeness (QED) is 0.627. The number of nitrogens with zero attached hydrogens (tertiary/aromatic N) is 1. The second-order valence-electron chi connectivity index (χ2n) is 4.34. The van der Waals surface area contributed by atoms with Gasteiger partial charge < -0.3 is 0 Å². The molecule has 116 valence electrons. The molecule has 0 amide bonds. The van der Waals surface area contributed by atoms with Crippen molar-refractivity contribution in [3.05, 3.63) is 58.1 Å². The topological polar surface area (TPSA) is 77.3 Å². The van der Waals surface area contributed by atoms with Crippen LogP contribution >= 0.6 is 11.8 Å². The summed E-state index contributed by atoms with van der Waals surface area (Å²) in [6, 6.07) is 6.03. The maximum absolute atomic E-state index is 13.6. The highest BCUT2D eigenvalue weighted by molar-refractivity contribution is 7.99. The van der Waals surface area contributed by atoms with Gasteiger partial charge in [0.05, 0.1) is 19.6 Å². The third-order valence-corrected chi connectivity index (χ3v) is 4.88. The molecule has 0 saturated carbocycles. The first-order chi connectivity index (χ1) is 10.2. The summed E-state index contributed by atoms with van der Waals surface area (Å²) in [5.74, 6) is -1.41. The van der Waals surface area contributed by atoms with Crippen LogP contribution in [0.1, 0.15) is 0 Å². The number of nitro groups is 1. The zero-order valence-electron chi connectivity index (χ0n) is 11.1. The van der Waals surface area contributed by atoms with Gasteiger partial charge in [-0.15, -0.1) is 0 Å². The summed E-state index contributed by atoms with van der Waals surface area (Å²) in [7, 11) is -3.61. The largest absolute Gasteiger partial charge is 0.284 e. The Labute approximate surface area is 129 Å². The summed E-state index contributed by atoms with van der Waals surface area (Å²) in [4.78, 5) is 9.97. The van der Waals surface area contributed by atoms with Gasteiger partial charge in [-0.2, -0.15) is 0 Å². The molecular weight excluding hydrogens is 336 g/mol. The van der Waals surface area contributed by atoms with E-state index in [0.717, 1.165) is 30.5 Å². The molecule has 2 rings (SSSR count). The lowest BCUT2D eigenvalue weighted by molar-refractivity contribution is -0.388. The standard InChI is InChI=1S/C13H9F2NO4S2/c1-22(19,20)9-3-5-12(11(7-9)16(17)18)21-13-6-8(14)2-4-10(13)15/h2-7H,1H3. The second kappa shape index (κ2) is 6.01. The highest BCUT2D eigenvalue weighted by Gasteiger charge is 2.20. The van der Waals surface area contributed by atoms with Gasteiger partial charge in [-0.1, -0.05) is 11.8 Å². The van der Waals surface area contributed by atoms with E-state index in [1.807, 2.05) is 0 Å². The van der Waals surface area contributed by atoms with E-state index in [9.17, 15) is 27.3 Å². The van der Waals surface area contributed by atoms with Crippen LogP contribution in [-0.2, 0) is 9.84 Å². The molecule has 2 aromatic carbocycles. The fourth-order valence-corrected chi connectivity index (χ4v) is 3.22. The van der Waals surface area contributed by atoms with E-state index in [1.54, 1.807) is 0 Å². The summed E-state index contributed by atoms with van der Waals surface area (Å²) in [6.45, 7) is 0. The van der Waals surface area contributed by atoms with Gasteiger partial charge in [0, 0.05) is 12.3 Å². The number of hydrogen-bond acceptors (Lipinski definition) is 5. The molecule has 0 heterocycles. The Kier molecular flexibility index (Phi) is 4.47. The first-order valence-corrected chi connectivity index (χ1v) is 8.50. The Balaban J connectivity index is 2.51. The van der Waals surface area contributed by atoms with Gasteiger partial charge in [-0.3, -0.25) is 10.1 Å².